The number of carboxylic acid groups (broad SMARTS) is 1. The molecule has 172 valence electrons. The number of amides is 2. The van der Waals surface area contributed by atoms with Gasteiger partial charge in [0.1, 0.15) is 5.57 Å². The van der Waals surface area contributed by atoms with Crippen LogP contribution in [0.3, 0.4) is 0 Å². The molecule has 0 bridgehead atoms. The Labute approximate surface area is 202 Å². The molecule has 0 unspecified atom stereocenters. The van der Waals surface area contributed by atoms with Gasteiger partial charge in [-0.3, -0.25) is 19.8 Å². The zero-order chi connectivity index (χ0) is 24.7. The maximum absolute atomic E-state index is 13.4. The minimum Gasteiger partial charge on any atom is -0.478 e. The summed E-state index contributed by atoms with van der Waals surface area (Å²) in [5.74, 6) is -2.03. The van der Waals surface area contributed by atoms with E-state index in [0.29, 0.717) is 11.3 Å². The van der Waals surface area contributed by atoms with Gasteiger partial charge in [0.2, 0.25) is 0 Å². The number of carbonyl (C=O) groups excluding carboxylic acids is 2. The molecule has 3 aromatic rings. The predicted molar refractivity (Wildman–Crippen MR) is 134 cm³/mol. The highest BCUT2D eigenvalue weighted by atomic mass is 32.1. The van der Waals surface area contributed by atoms with Gasteiger partial charge in [-0.2, -0.15) is 0 Å². The van der Waals surface area contributed by atoms with Crippen molar-refractivity contribution in [2.45, 2.75) is 27.7 Å². The predicted octanol–water partition coefficient (Wildman–Crippen LogP) is 4.24. The lowest BCUT2D eigenvalue weighted by Gasteiger charge is -2.30. The lowest BCUT2D eigenvalue weighted by atomic mass is 10.0. The quantitative estimate of drug-likeness (QED) is 0.336. The topological polar surface area (TPSA) is 91.6 Å². The molecule has 8 heteroatoms. The summed E-state index contributed by atoms with van der Waals surface area (Å²) in [5.41, 5.74) is 5.87. The van der Waals surface area contributed by atoms with E-state index in [9.17, 15) is 14.4 Å². The molecule has 7 nitrogen and oxygen atoms in total. The van der Waals surface area contributed by atoms with E-state index in [4.69, 9.17) is 17.3 Å². The van der Waals surface area contributed by atoms with Crippen LogP contribution in [0.5, 0.6) is 0 Å². The minimum absolute atomic E-state index is 0.0176. The maximum Gasteiger partial charge on any atom is 0.335 e. The number of aryl methyl sites for hydroxylation is 2. The Morgan fingerprint density at radius 2 is 1.71 bits per heavy atom. The number of aromatic nitrogens is 1. The minimum atomic E-state index is -0.994. The Bertz CT molecular complexity index is 1400. The second kappa shape index (κ2) is 8.72. The molecule has 0 saturated carbocycles. The largest absolute Gasteiger partial charge is 0.478 e. The number of aromatic carboxylic acids is 1. The Balaban J connectivity index is 1.76. The number of hydrogen-bond donors (Lipinski definition) is 2. The number of thiocarbonyl (C=S) groups is 1. The van der Waals surface area contributed by atoms with Crippen LogP contribution in [0.4, 0.5) is 5.69 Å². The molecule has 0 radical (unpaired) electrons. The number of nitrogens with zero attached hydrogens (tertiary/aromatic N) is 2. The molecule has 1 aliphatic rings. The molecule has 2 N–H and O–H groups in total. The highest BCUT2D eigenvalue weighted by molar-refractivity contribution is 7.80. The summed E-state index contributed by atoms with van der Waals surface area (Å²) in [4.78, 5) is 38.7. The van der Waals surface area contributed by atoms with Crippen molar-refractivity contribution >= 4 is 46.9 Å². The van der Waals surface area contributed by atoms with Gasteiger partial charge in [0.05, 0.1) is 11.3 Å². The molecular formula is C26H23N3O4S. The average molecular weight is 474 g/mol. The van der Waals surface area contributed by atoms with Gasteiger partial charge in [0.25, 0.3) is 11.8 Å². The molecule has 4 rings (SSSR count). The van der Waals surface area contributed by atoms with Crippen LogP contribution in [-0.4, -0.2) is 32.6 Å². The van der Waals surface area contributed by atoms with Crippen molar-refractivity contribution in [2.24, 2.45) is 0 Å². The van der Waals surface area contributed by atoms with E-state index in [1.807, 2.05) is 50.5 Å². The van der Waals surface area contributed by atoms with Gasteiger partial charge in [0.15, 0.2) is 5.11 Å². The standard InChI is InChI=1S/C26H23N3O4S/c1-14-6-5-7-22(16(14)3)29-24(31)21(23(30)27-26(29)34)13-19-12-15(2)28(17(19)4)20-10-8-18(9-11-20)25(32)33/h5-13H,1-4H3,(H,32,33)(H,27,30,34)/b21-13+. The summed E-state index contributed by atoms with van der Waals surface area (Å²) in [7, 11) is 0. The molecule has 0 aliphatic carbocycles. The van der Waals surface area contributed by atoms with E-state index in [2.05, 4.69) is 5.32 Å². The second-order valence-corrected chi connectivity index (χ2v) is 8.58. The van der Waals surface area contributed by atoms with Gasteiger partial charge in [-0.05, 0) is 99.1 Å². The summed E-state index contributed by atoms with van der Waals surface area (Å²) in [6.45, 7) is 7.64. The molecule has 1 fully saturated rings. The first kappa shape index (κ1) is 23.1. The SMILES string of the molecule is Cc1cccc(N2C(=O)/C(=C/c3cc(C)n(-c4ccc(C(=O)O)cc4)c3C)C(=O)NC2=S)c1C. The van der Waals surface area contributed by atoms with E-state index in [0.717, 1.165) is 28.2 Å². The van der Waals surface area contributed by atoms with Crippen molar-refractivity contribution in [1.82, 2.24) is 9.88 Å². The fourth-order valence-electron chi connectivity index (χ4n) is 4.09. The number of rotatable bonds is 4. The lowest BCUT2D eigenvalue weighted by Crippen LogP contribution is -2.54. The van der Waals surface area contributed by atoms with Gasteiger partial charge < -0.3 is 9.67 Å². The molecule has 34 heavy (non-hydrogen) atoms. The van der Waals surface area contributed by atoms with Crippen molar-refractivity contribution in [3.8, 4) is 5.69 Å². The monoisotopic (exact) mass is 473 g/mol. The molecular weight excluding hydrogens is 450 g/mol. The van der Waals surface area contributed by atoms with Crippen molar-refractivity contribution in [1.29, 1.82) is 0 Å². The van der Waals surface area contributed by atoms with Gasteiger partial charge in [0, 0.05) is 17.1 Å². The molecule has 2 aromatic carbocycles. The fraction of sp³-hybridized carbons (Fsp3) is 0.154. The maximum atomic E-state index is 13.4. The summed E-state index contributed by atoms with van der Waals surface area (Å²) in [5, 5.41) is 11.8. The highest BCUT2D eigenvalue weighted by Gasteiger charge is 2.35. The van der Waals surface area contributed by atoms with Crippen molar-refractivity contribution in [3.63, 3.8) is 0 Å². The smallest absolute Gasteiger partial charge is 0.335 e. The van der Waals surface area contributed by atoms with Crippen LogP contribution < -0.4 is 10.2 Å². The van der Waals surface area contributed by atoms with Gasteiger partial charge in [-0.1, -0.05) is 12.1 Å². The van der Waals surface area contributed by atoms with Crippen molar-refractivity contribution < 1.29 is 19.5 Å². The normalized spacial score (nSPS) is 15.1. The van der Waals surface area contributed by atoms with Crippen LogP contribution in [-0.2, 0) is 9.59 Å². The second-order valence-electron chi connectivity index (χ2n) is 8.19. The van der Waals surface area contributed by atoms with Crippen LogP contribution in [0.2, 0.25) is 0 Å². The van der Waals surface area contributed by atoms with Crippen LogP contribution in [0.1, 0.15) is 38.4 Å². The van der Waals surface area contributed by atoms with Crippen molar-refractivity contribution in [3.05, 3.63) is 87.7 Å². The van der Waals surface area contributed by atoms with Crippen LogP contribution in [0, 0.1) is 27.7 Å². The number of benzene rings is 2. The van der Waals surface area contributed by atoms with E-state index in [-0.39, 0.29) is 16.2 Å². The third kappa shape index (κ3) is 3.92. The Kier molecular flexibility index (Phi) is 5.93. The summed E-state index contributed by atoms with van der Waals surface area (Å²) >= 11 is 5.33. The molecule has 2 heterocycles. The Morgan fingerprint density at radius 1 is 1.03 bits per heavy atom. The van der Waals surface area contributed by atoms with Crippen LogP contribution >= 0.6 is 12.2 Å². The van der Waals surface area contributed by atoms with Crippen LogP contribution in [0.15, 0.2) is 54.1 Å². The van der Waals surface area contributed by atoms with Gasteiger partial charge in [-0.15, -0.1) is 0 Å². The fourth-order valence-corrected chi connectivity index (χ4v) is 4.37. The number of hydrogen-bond acceptors (Lipinski definition) is 4. The first-order chi connectivity index (χ1) is 16.1. The summed E-state index contributed by atoms with van der Waals surface area (Å²) in [6, 6.07) is 14.0. The summed E-state index contributed by atoms with van der Waals surface area (Å²) < 4.78 is 1.94. The first-order valence-corrected chi connectivity index (χ1v) is 11.0. The third-order valence-electron chi connectivity index (χ3n) is 6.06. The Morgan fingerprint density at radius 3 is 2.35 bits per heavy atom. The molecule has 1 aliphatic heterocycles. The van der Waals surface area contributed by atoms with Gasteiger partial charge >= 0.3 is 5.97 Å². The number of carbonyl (C=O) groups is 3. The van der Waals surface area contributed by atoms with Crippen LogP contribution in [0.25, 0.3) is 11.8 Å². The molecule has 1 aromatic heterocycles. The number of nitrogens with one attached hydrogen (secondary N) is 1. The Hall–Kier alpha value is -4.04. The van der Waals surface area contributed by atoms with Crippen molar-refractivity contribution in [2.75, 3.05) is 4.90 Å². The average Bonchev–Trinajstić information content (AvgIpc) is 3.06. The van der Waals surface area contributed by atoms with E-state index < -0.39 is 17.8 Å². The third-order valence-corrected chi connectivity index (χ3v) is 6.35. The van der Waals surface area contributed by atoms with E-state index in [1.165, 1.54) is 17.0 Å². The number of anilines is 1. The zero-order valence-electron chi connectivity index (χ0n) is 19.2. The first-order valence-electron chi connectivity index (χ1n) is 10.6. The summed E-state index contributed by atoms with van der Waals surface area (Å²) in [6.07, 6.45) is 1.57. The molecule has 0 atom stereocenters. The molecule has 2 amide bonds. The highest BCUT2D eigenvalue weighted by Crippen LogP contribution is 2.29. The van der Waals surface area contributed by atoms with Gasteiger partial charge in [-0.25, -0.2) is 4.79 Å². The lowest BCUT2D eigenvalue weighted by molar-refractivity contribution is -0.122. The van der Waals surface area contributed by atoms with E-state index >= 15 is 0 Å². The molecule has 1 saturated heterocycles. The zero-order valence-corrected chi connectivity index (χ0v) is 20.0. The number of carboxylic acids is 1. The molecule has 0 spiro atoms. The van der Waals surface area contributed by atoms with E-state index in [1.54, 1.807) is 24.3 Å².